The van der Waals surface area contributed by atoms with Crippen molar-refractivity contribution in [3.63, 3.8) is 0 Å². The minimum Gasteiger partial charge on any atom is -0.493 e. The summed E-state index contributed by atoms with van der Waals surface area (Å²) < 4.78 is 12.4. The zero-order valence-electron chi connectivity index (χ0n) is 24.0. The van der Waals surface area contributed by atoms with Crippen molar-refractivity contribution in [2.75, 3.05) is 13.7 Å². The molecule has 3 aliphatic rings. The lowest BCUT2D eigenvalue weighted by molar-refractivity contribution is -0.117. The molecule has 0 amide bonds. The highest BCUT2D eigenvalue weighted by atomic mass is 16.5. The summed E-state index contributed by atoms with van der Waals surface area (Å²) in [6.45, 7) is 7.26. The molecule has 0 radical (unpaired) electrons. The second-order valence-corrected chi connectivity index (χ2v) is 11.1. The average Bonchev–Trinajstić information content (AvgIpc) is 2.99. The van der Waals surface area contributed by atoms with E-state index in [1.165, 1.54) is 5.39 Å². The average molecular weight is 548 g/mol. The SMILES string of the molecule is C=CCc1cc(C2C3=C(CCCC3=O)N(CC)C3=C2C(=O)CCC3)cc(OC)c1OCc1cccc2ccccc12. The summed E-state index contributed by atoms with van der Waals surface area (Å²) in [7, 11) is 1.65. The van der Waals surface area contributed by atoms with Gasteiger partial charge in [-0.1, -0.05) is 54.6 Å². The number of nitrogens with zero attached hydrogens (tertiary/aromatic N) is 1. The summed E-state index contributed by atoms with van der Waals surface area (Å²) in [5.41, 5.74) is 6.73. The number of rotatable bonds is 8. The van der Waals surface area contributed by atoms with E-state index in [0.29, 0.717) is 37.4 Å². The van der Waals surface area contributed by atoms with Crippen LogP contribution in [-0.2, 0) is 22.6 Å². The third-order valence-electron chi connectivity index (χ3n) is 8.73. The number of allylic oxidation sites excluding steroid dienone is 5. The Labute approximate surface area is 242 Å². The maximum atomic E-state index is 13.6. The van der Waals surface area contributed by atoms with Gasteiger partial charge in [-0.3, -0.25) is 9.59 Å². The van der Waals surface area contributed by atoms with Crippen LogP contribution < -0.4 is 9.47 Å². The predicted molar refractivity (Wildman–Crippen MR) is 162 cm³/mol. The van der Waals surface area contributed by atoms with Crippen molar-refractivity contribution < 1.29 is 19.1 Å². The third kappa shape index (κ3) is 4.77. The Balaban J connectivity index is 1.47. The highest BCUT2D eigenvalue weighted by molar-refractivity contribution is 6.06. The minimum absolute atomic E-state index is 0.153. The second kappa shape index (κ2) is 11.4. The van der Waals surface area contributed by atoms with Crippen molar-refractivity contribution >= 4 is 22.3 Å². The van der Waals surface area contributed by atoms with Crippen molar-refractivity contribution in [2.45, 2.75) is 64.4 Å². The van der Waals surface area contributed by atoms with Crippen LogP contribution in [0.15, 0.2) is 89.8 Å². The molecule has 5 nitrogen and oxygen atoms in total. The minimum atomic E-state index is -0.381. The van der Waals surface area contributed by atoms with Gasteiger partial charge in [0.25, 0.3) is 0 Å². The molecule has 0 spiro atoms. The van der Waals surface area contributed by atoms with Crippen molar-refractivity contribution in [2.24, 2.45) is 0 Å². The molecule has 0 saturated carbocycles. The fraction of sp³-hybridized carbons (Fsp3) is 0.333. The van der Waals surface area contributed by atoms with E-state index in [4.69, 9.17) is 9.47 Å². The number of carbonyl (C=O) groups is 2. The Morgan fingerprint density at radius 1 is 0.902 bits per heavy atom. The van der Waals surface area contributed by atoms with Gasteiger partial charge in [0.15, 0.2) is 23.1 Å². The molecule has 0 fully saturated rings. The molecule has 0 N–H and O–H groups in total. The Hall–Kier alpha value is -4.12. The first-order chi connectivity index (χ1) is 20.0. The number of ketones is 2. The molecular weight excluding hydrogens is 510 g/mol. The topological polar surface area (TPSA) is 55.8 Å². The van der Waals surface area contributed by atoms with Crippen LogP contribution in [0.3, 0.4) is 0 Å². The van der Waals surface area contributed by atoms with Crippen LogP contribution >= 0.6 is 0 Å². The first kappa shape index (κ1) is 27.1. The van der Waals surface area contributed by atoms with Crippen LogP contribution in [0.4, 0.5) is 0 Å². The number of hydrogen-bond acceptors (Lipinski definition) is 5. The molecule has 6 rings (SSSR count). The highest BCUT2D eigenvalue weighted by Crippen LogP contribution is 2.50. The van der Waals surface area contributed by atoms with E-state index in [9.17, 15) is 9.59 Å². The van der Waals surface area contributed by atoms with Gasteiger partial charge in [-0.05, 0) is 67.0 Å². The van der Waals surface area contributed by atoms with Crippen molar-refractivity contribution in [3.05, 3.63) is 106 Å². The van der Waals surface area contributed by atoms with Gasteiger partial charge in [0, 0.05) is 53.4 Å². The van der Waals surface area contributed by atoms with Gasteiger partial charge < -0.3 is 14.4 Å². The number of carbonyl (C=O) groups excluding carboxylic acids is 2. The van der Waals surface area contributed by atoms with Crippen LogP contribution in [-0.4, -0.2) is 30.1 Å². The van der Waals surface area contributed by atoms with Crippen LogP contribution in [0.5, 0.6) is 11.5 Å². The molecule has 0 saturated heterocycles. The number of methoxy groups -OCH3 is 1. The monoisotopic (exact) mass is 547 g/mol. The fourth-order valence-corrected chi connectivity index (χ4v) is 6.97. The van der Waals surface area contributed by atoms with Crippen LogP contribution in [0.2, 0.25) is 0 Å². The first-order valence-electron chi connectivity index (χ1n) is 14.8. The molecule has 0 unspecified atom stereocenters. The highest BCUT2D eigenvalue weighted by Gasteiger charge is 2.43. The molecule has 1 aliphatic heterocycles. The number of benzene rings is 3. The fourth-order valence-electron chi connectivity index (χ4n) is 6.97. The normalized spacial score (nSPS) is 17.6. The summed E-state index contributed by atoms with van der Waals surface area (Å²) in [4.78, 5) is 29.4. The van der Waals surface area contributed by atoms with Crippen LogP contribution in [0, 0.1) is 0 Å². The molecule has 5 heteroatoms. The first-order valence-corrected chi connectivity index (χ1v) is 14.8. The van der Waals surface area contributed by atoms with Crippen molar-refractivity contribution in [1.82, 2.24) is 4.90 Å². The zero-order valence-corrected chi connectivity index (χ0v) is 24.0. The van der Waals surface area contributed by atoms with E-state index in [0.717, 1.165) is 76.8 Å². The van der Waals surface area contributed by atoms with E-state index >= 15 is 0 Å². The molecular formula is C36H37NO4. The van der Waals surface area contributed by atoms with E-state index in [-0.39, 0.29) is 17.5 Å². The molecule has 0 bridgehead atoms. The lowest BCUT2D eigenvalue weighted by atomic mass is 9.70. The molecule has 3 aromatic rings. The van der Waals surface area contributed by atoms with Crippen LogP contribution in [0.25, 0.3) is 10.8 Å². The summed E-state index contributed by atoms with van der Waals surface area (Å²) in [5, 5.41) is 2.33. The molecule has 210 valence electrons. The van der Waals surface area contributed by atoms with Crippen LogP contribution in [0.1, 0.15) is 68.1 Å². The van der Waals surface area contributed by atoms with Gasteiger partial charge in [0.05, 0.1) is 7.11 Å². The van der Waals surface area contributed by atoms with E-state index < -0.39 is 0 Å². The largest absolute Gasteiger partial charge is 0.493 e. The maximum absolute atomic E-state index is 13.6. The lowest BCUT2D eigenvalue weighted by Crippen LogP contribution is -2.39. The summed E-state index contributed by atoms with van der Waals surface area (Å²) >= 11 is 0. The molecule has 0 atom stereocenters. The summed E-state index contributed by atoms with van der Waals surface area (Å²) in [5.74, 6) is 1.20. The van der Waals surface area contributed by atoms with Crippen molar-refractivity contribution in [1.29, 1.82) is 0 Å². The molecule has 2 aliphatic carbocycles. The van der Waals surface area contributed by atoms with Gasteiger partial charge in [0.2, 0.25) is 0 Å². The smallest absolute Gasteiger partial charge is 0.165 e. The molecule has 1 heterocycles. The lowest BCUT2D eigenvalue weighted by Gasteiger charge is -2.43. The Bertz CT molecular complexity index is 1560. The molecule has 3 aromatic carbocycles. The Morgan fingerprint density at radius 3 is 2.24 bits per heavy atom. The van der Waals surface area contributed by atoms with E-state index in [2.05, 4.69) is 48.7 Å². The van der Waals surface area contributed by atoms with Gasteiger partial charge in [-0.15, -0.1) is 6.58 Å². The van der Waals surface area contributed by atoms with Gasteiger partial charge in [-0.25, -0.2) is 0 Å². The number of ether oxygens (including phenoxy) is 2. The zero-order chi connectivity index (χ0) is 28.5. The van der Waals surface area contributed by atoms with Crippen molar-refractivity contribution in [3.8, 4) is 11.5 Å². The van der Waals surface area contributed by atoms with Gasteiger partial charge in [0.1, 0.15) is 6.61 Å². The quantitative estimate of drug-likeness (QED) is 0.272. The van der Waals surface area contributed by atoms with Gasteiger partial charge in [-0.2, -0.15) is 0 Å². The van der Waals surface area contributed by atoms with E-state index in [1.807, 2.05) is 30.3 Å². The number of fused-ring (bicyclic) bond motifs is 1. The summed E-state index contributed by atoms with van der Waals surface area (Å²) in [6, 6.07) is 18.6. The molecule has 0 aromatic heterocycles. The second-order valence-electron chi connectivity index (χ2n) is 11.1. The predicted octanol–water partition coefficient (Wildman–Crippen LogP) is 7.59. The number of Topliss-reactive ketones (excluding diaryl/α,β-unsaturated/α-hetero) is 2. The molecule has 41 heavy (non-hydrogen) atoms. The standard InChI is InChI=1S/C36H37NO4/c1-4-11-24-20-26(21-32(40-3)36(24)41-22-25-14-8-13-23-12-6-7-15-27(23)25)33-34-28(16-9-18-30(34)38)37(5-2)29-17-10-19-31(39)35(29)33/h4,6-8,12-15,20-21,33H,1,5,9-11,16-19,22H2,2-3H3. The number of hydrogen-bond donors (Lipinski definition) is 0. The Kier molecular flexibility index (Phi) is 7.53. The maximum Gasteiger partial charge on any atom is 0.165 e. The van der Waals surface area contributed by atoms with Gasteiger partial charge >= 0.3 is 0 Å². The summed E-state index contributed by atoms with van der Waals surface area (Å²) in [6.07, 6.45) is 6.89. The third-order valence-corrected chi connectivity index (χ3v) is 8.73. The Morgan fingerprint density at radius 2 is 1.59 bits per heavy atom. The van der Waals surface area contributed by atoms with E-state index in [1.54, 1.807) is 7.11 Å².